The average molecular weight is 239 g/mol. The van der Waals surface area contributed by atoms with Gasteiger partial charge in [-0.05, 0) is 32.4 Å². The molecule has 1 aliphatic rings. The van der Waals surface area contributed by atoms with E-state index in [4.69, 9.17) is 9.15 Å². The molecule has 1 N–H and O–H groups in total. The molecule has 1 fully saturated rings. The molecule has 0 aliphatic carbocycles. The van der Waals surface area contributed by atoms with Gasteiger partial charge in [0.25, 0.3) is 0 Å². The van der Waals surface area contributed by atoms with Crippen LogP contribution in [0.3, 0.4) is 0 Å². The first-order valence-corrected chi connectivity index (χ1v) is 6.51. The highest BCUT2D eigenvalue weighted by atomic mass is 16.5. The van der Waals surface area contributed by atoms with Crippen LogP contribution < -0.4 is 5.32 Å². The number of hydrogen-bond acceptors (Lipinski definition) is 5. The van der Waals surface area contributed by atoms with Crippen molar-refractivity contribution in [3.63, 3.8) is 0 Å². The molecule has 1 unspecified atom stereocenters. The second-order valence-corrected chi connectivity index (χ2v) is 4.41. The van der Waals surface area contributed by atoms with Crippen molar-refractivity contribution < 1.29 is 9.15 Å². The summed E-state index contributed by atoms with van der Waals surface area (Å²) in [7, 11) is 0. The Bertz CT molecular complexity index is 321. The molecule has 2 heterocycles. The topological polar surface area (TPSA) is 60.2 Å². The molecule has 5 nitrogen and oxygen atoms in total. The van der Waals surface area contributed by atoms with E-state index >= 15 is 0 Å². The Morgan fingerprint density at radius 1 is 1.41 bits per heavy atom. The molecule has 0 saturated carbocycles. The zero-order valence-corrected chi connectivity index (χ0v) is 10.4. The number of ether oxygens (including phenoxy) is 1. The van der Waals surface area contributed by atoms with Crippen molar-refractivity contribution in [1.29, 1.82) is 0 Å². The van der Waals surface area contributed by atoms with Gasteiger partial charge >= 0.3 is 0 Å². The molecule has 0 bridgehead atoms. The average Bonchev–Trinajstić information content (AvgIpc) is 2.85. The fraction of sp³-hybridized carbons (Fsp3) is 0.833. The van der Waals surface area contributed by atoms with E-state index in [0.29, 0.717) is 5.92 Å². The first kappa shape index (κ1) is 12.5. The third-order valence-corrected chi connectivity index (χ3v) is 2.99. The van der Waals surface area contributed by atoms with Crippen LogP contribution in [0.4, 0.5) is 0 Å². The summed E-state index contributed by atoms with van der Waals surface area (Å²) >= 11 is 0. The quantitative estimate of drug-likeness (QED) is 0.762. The Hall–Kier alpha value is -0.940. The largest absolute Gasteiger partial charge is 0.425 e. The minimum absolute atomic E-state index is 0.304. The fourth-order valence-electron chi connectivity index (χ4n) is 2.01. The fourth-order valence-corrected chi connectivity index (χ4v) is 2.01. The lowest BCUT2D eigenvalue weighted by Crippen LogP contribution is -2.15. The summed E-state index contributed by atoms with van der Waals surface area (Å²) in [6.07, 6.45) is 4.08. The van der Waals surface area contributed by atoms with Crippen LogP contribution in [0, 0.1) is 0 Å². The summed E-state index contributed by atoms with van der Waals surface area (Å²) in [4.78, 5) is 0. The number of nitrogens with one attached hydrogen (secondary N) is 1. The van der Waals surface area contributed by atoms with Crippen molar-refractivity contribution in [2.45, 2.75) is 38.5 Å². The molecule has 0 radical (unpaired) electrons. The van der Waals surface area contributed by atoms with Gasteiger partial charge in [-0.1, -0.05) is 6.92 Å². The predicted molar refractivity (Wildman–Crippen MR) is 64.0 cm³/mol. The number of aryl methyl sites for hydroxylation is 1. The standard InChI is InChI=1S/C12H21N3O2/c1-2-13-7-3-6-11-14-15-12(17-11)10-5-4-8-16-9-10/h10,13H,2-9H2,1H3. The Labute approximate surface area is 102 Å². The van der Waals surface area contributed by atoms with E-state index in [1.54, 1.807) is 0 Å². The van der Waals surface area contributed by atoms with Gasteiger partial charge in [-0.2, -0.15) is 0 Å². The molecule has 0 amide bonds. The number of aromatic nitrogens is 2. The second-order valence-electron chi connectivity index (χ2n) is 4.41. The van der Waals surface area contributed by atoms with Crippen molar-refractivity contribution in [3.05, 3.63) is 11.8 Å². The third kappa shape index (κ3) is 3.78. The zero-order valence-electron chi connectivity index (χ0n) is 10.4. The Morgan fingerprint density at radius 2 is 2.35 bits per heavy atom. The van der Waals surface area contributed by atoms with Gasteiger partial charge in [0.1, 0.15) is 0 Å². The lowest BCUT2D eigenvalue weighted by molar-refractivity contribution is 0.0721. The third-order valence-electron chi connectivity index (χ3n) is 2.99. The highest BCUT2D eigenvalue weighted by molar-refractivity contribution is 4.93. The van der Waals surface area contributed by atoms with Crippen LogP contribution in [0.1, 0.15) is 43.9 Å². The zero-order chi connectivity index (χ0) is 11.9. The van der Waals surface area contributed by atoms with Crippen molar-refractivity contribution >= 4 is 0 Å². The number of hydrogen-bond donors (Lipinski definition) is 1. The van der Waals surface area contributed by atoms with Crippen LogP contribution in [0.15, 0.2) is 4.42 Å². The molecule has 96 valence electrons. The maximum Gasteiger partial charge on any atom is 0.221 e. The van der Waals surface area contributed by atoms with Crippen LogP contribution in [0.5, 0.6) is 0 Å². The van der Waals surface area contributed by atoms with E-state index in [9.17, 15) is 0 Å². The van der Waals surface area contributed by atoms with Gasteiger partial charge in [-0.25, -0.2) is 0 Å². The molecule has 1 saturated heterocycles. The van der Waals surface area contributed by atoms with Crippen LogP contribution in [-0.4, -0.2) is 36.5 Å². The van der Waals surface area contributed by atoms with E-state index in [2.05, 4.69) is 22.4 Å². The molecule has 17 heavy (non-hydrogen) atoms. The van der Waals surface area contributed by atoms with Gasteiger partial charge < -0.3 is 14.5 Å². The molecule has 1 aliphatic heterocycles. The smallest absolute Gasteiger partial charge is 0.221 e. The van der Waals surface area contributed by atoms with Crippen LogP contribution >= 0.6 is 0 Å². The molecule has 5 heteroatoms. The Kier molecular flexibility index (Phi) is 4.94. The second kappa shape index (κ2) is 6.71. The first-order chi connectivity index (χ1) is 8.40. The maximum atomic E-state index is 5.67. The van der Waals surface area contributed by atoms with Gasteiger partial charge in [0.15, 0.2) is 0 Å². The minimum Gasteiger partial charge on any atom is -0.425 e. The predicted octanol–water partition coefficient (Wildman–Crippen LogP) is 1.51. The van der Waals surface area contributed by atoms with Crippen LogP contribution in [0.25, 0.3) is 0 Å². The highest BCUT2D eigenvalue weighted by Crippen LogP contribution is 2.24. The molecule has 0 aromatic carbocycles. The SMILES string of the molecule is CCNCCCc1nnc(C2CCCOC2)o1. The van der Waals surface area contributed by atoms with Gasteiger partial charge in [0.05, 0.1) is 12.5 Å². The van der Waals surface area contributed by atoms with E-state index in [1.165, 1.54) is 0 Å². The van der Waals surface area contributed by atoms with Gasteiger partial charge in [0, 0.05) is 13.0 Å². The van der Waals surface area contributed by atoms with Gasteiger partial charge in [-0.15, -0.1) is 10.2 Å². The normalized spacial score (nSPS) is 20.6. The van der Waals surface area contributed by atoms with E-state index in [0.717, 1.165) is 63.8 Å². The Balaban J connectivity index is 1.78. The summed E-state index contributed by atoms with van der Waals surface area (Å²) < 4.78 is 11.1. The summed E-state index contributed by atoms with van der Waals surface area (Å²) in [5.74, 6) is 1.81. The summed E-state index contributed by atoms with van der Waals surface area (Å²) in [6, 6.07) is 0. The molecule has 1 atom stereocenters. The van der Waals surface area contributed by atoms with E-state index in [-0.39, 0.29) is 0 Å². The minimum atomic E-state index is 0.304. The molecule has 1 aromatic heterocycles. The highest BCUT2D eigenvalue weighted by Gasteiger charge is 2.21. The molecular formula is C12H21N3O2. The van der Waals surface area contributed by atoms with E-state index in [1.807, 2.05) is 0 Å². The molecule has 2 rings (SSSR count). The molecular weight excluding hydrogens is 218 g/mol. The van der Waals surface area contributed by atoms with Crippen molar-refractivity contribution in [3.8, 4) is 0 Å². The number of nitrogens with zero attached hydrogens (tertiary/aromatic N) is 2. The first-order valence-electron chi connectivity index (χ1n) is 6.51. The summed E-state index contributed by atoms with van der Waals surface area (Å²) in [6.45, 7) is 5.70. The van der Waals surface area contributed by atoms with Gasteiger partial charge in [0.2, 0.25) is 11.8 Å². The van der Waals surface area contributed by atoms with Crippen molar-refractivity contribution in [2.24, 2.45) is 0 Å². The summed E-state index contributed by atoms with van der Waals surface area (Å²) in [5.41, 5.74) is 0. The van der Waals surface area contributed by atoms with Crippen LogP contribution in [-0.2, 0) is 11.2 Å². The van der Waals surface area contributed by atoms with E-state index < -0.39 is 0 Å². The lowest BCUT2D eigenvalue weighted by Gasteiger charge is -2.18. The van der Waals surface area contributed by atoms with Crippen LogP contribution in [0.2, 0.25) is 0 Å². The monoisotopic (exact) mass is 239 g/mol. The van der Waals surface area contributed by atoms with Crippen molar-refractivity contribution in [2.75, 3.05) is 26.3 Å². The summed E-state index contributed by atoms with van der Waals surface area (Å²) in [5, 5.41) is 11.5. The molecule has 1 aromatic rings. The van der Waals surface area contributed by atoms with Gasteiger partial charge in [-0.3, -0.25) is 0 Å². The lowest BCUT2D eigenvalue weighted by atomic mass is 10.0. The molecule has 0 spiro atoms. The maximum absolute atomic E-state index is 5.67. The number of rotatable bonds is 6. The van der Waals surface area contributed by atoms with Crippen molar-refractivity contribution in [1.82, 2.24) is 15.5 Å². The Morgan fingerprint density at radius 3 is 3.12 bits per heavy atom.